The molecule has 0 unspecified atom stereocenters. The van der Waals surface area contributed by atoms with Crippen LogP contribution in [-0.2, 0) is 13.2 Å². The summed E-state index contributed by atoms with van der Waals surface area (Å²) in [4.78, 5) is 16.8. The molecule has 1 heterocycles. The van der Waals surface area contributed by atoms with Crippen LogP contribution in [0, 0.1) is 0 Å². The van der Waals surface area contributed by atoms with Crippen LogP contribution < -0.4 is 14.4 Å². The van der Waals surface area contributed by atoms with Gasteiger partial charge in [0.15, 0.2) is 0 Å². The second-order valence-electron chi connectivity index (χ2n) is 10.8. The summed E-state index contributed by atoms with van der Waals surface area (Å²) in [5, 5.41) is 10.6. The number of aromatic carboxylic acids is 1. The third-order valence-electron chi connectivity index (χ3n) is 7.78. The largest absolute Gasteiger partial charge is 0.489 e. The fourth-order valence-corrected chi connectivity index (χ4v) is 5.56. The van der Waals surface area contributed by atoms with Crippen LogP contribution in [0.2, 0.25) is 5.02 Å². The van der Waals surface area contributed by atoms with Gasteiger partial charge in [-0.3, -0.25) is 4.90 Å². The molecule has 44 heavy (non-hydrogen) atoms. The number of benzene rings is 5. The van der Waals surface area contributed by atoms with Gasteiger partial charge in [0.2, 0.25) is 0 Å². The Hall–Kier alpha value is -4.78. The van der Waals surface area contributed by atoms with Crippen LogP contribution in [0.3, 0.4) is 0 Å². The van der Waals surface area contributed by atoms with E-state index in [9.17, 15) is 9.90 Å². The second kappa shape index (κ2) is 13.7. The number of ether oxygens (including phenoxy) is 2. The summed E-state index contributed by atoms with van der Waals surface area (Å²) in [6.45, 7) is 4.68. The Balaban J connectivity index is 1.12. The summed E-state index contributed by atoms with van der Waals surface area (Å²) >= 11 is 6.12. The molecular formula is C37H33ClN2O4. The molecule has 1 fully saturated rings. The lowest BCUT2D eigenvalue weighted by atomic mass is 9.99. The molecule has 0 aliphatic carbocycles. The average Bonchev–Trinajstić information content (AvgIpc) is 3.05. The van der Waals surface area contributed by atoms with Crippen LogP contribution in [0.5, 0.6) is 17.2 Å². The average molecular weight is 605 g/mol. The third kappa shape index (κ3) is 7.22. The van der Waals surface area contributed by atoms with Crippen LogP contribution in [0.4, 0.5) is 5.69 Å². The minimum absolute atomic E-state index is 0.113. The first-order valence-electron chi connectivity index (χ1n) is 14.6. The SMILES string of the molecule is O=C(O)c1ccc(N2CCN(Cc3ccccc3-c3ccc(Cl)cc3)CC2)cc1Oc1cccc(OCc2ccccc2)c1. The Morgan fingerprint density at radius 3 is 2.25 bits per heavy atom. The summed E-state index contributed by atoms with van der Waals surface area (Å²) < 4.78 is 12.1. The summed E-state index contributed by atoms with van der Waals surface area (Å²) in [7, 11) is 0. The van der Waals surface area contributed by atoms with Crippen molar-refractivity contribution >= 4 is 23.3 Å². The molecule has 1 saturated heterocycles. The molecule has 1 aliphatic heterocycles. The van der Waals surface area contributed by atoms with E-state index in [-0.39, 0.29) is 5.56 Å². The first-order chi connectivity index (χ1) is 21.5. The van der Waals surface area contributed by atoms with Gasteiger partial charge >= 0.3 is 5.97 Å². The summed E-state index contributed by atoms with van der Waals surface area (Å²) in [6.07, 6.45) is 0. The number of anilines is 1. The summed E-state index contributed by atoms with van der Waals surface area (Å²) in [5.74, 6) is 0.425. The molecule has 0 aromatic heterocycles. The van der Waals surface area contributed by atoms with Crippen molar-refractivity contribution in [2.75, 3.05) is 31.1 Å². The molecule has 5 aromatic rings. The molecule has 222 valence electrons. The number of hydrogen-bond acceptors (Lipinski definition) is 5. The topological polar surface area (TPSA) is 62.2 Å². The van der Waals surface area contributed by atoms with Gasteiger partial charge in [-0.15, -0.1) is 0 Å². The van der Waals surface area contributed by atoms with Crippen molar-refractivity contribution in [1.82, 2.24) is 4.90 Å². The van der Waals surface area contributed by atoms with Crippen LogP contribution in [0.1, 0.15) is 21.5 Å². The highest BCUT2D eigenvalue weighted by atomic mass is 35.5. The molecule has 6 rings (SSSR count). The van der Waals surface area contributed by atoms with Crippen LogP contribution in [-0.4, -0.2) is 42.2 Å². The Morgan fingerprint density at radius 2 is 1.48 bits per heavy atom. The van der Waals surface area contributed by atoms with E-state index in [0.717, 1.165) is 54.6 Å². The van der Waals surface area contributed by atoms with Crippen LogP contribution in [0.25, 0.3) is 11.1 Å². The predicted octanol–water partition coefficient (Wildman–Crippen LogP) is 8.40. The quantitative estimate of drug-likeness (QED) is 0.173. The van der Waals surface area contributed by atoms with Crippen molar-refractivity contribution in [3.8, 4) is 28.4 Å². The molecule has 1 aliphatic rings. The minimum atomic E-state index is -1.03. The Morgan fingerprint density at radius 1 is 0.750 bits per heavy atom. The maximum atomic E-state index is 12.1. The van der Waals surface area contributed by atoms with E-state index < -0.39 is 5.97 Å². The Labute approximate surface area is 262 Å². The molecule has 0 bridgehead atoms. The third-order valence-corrected chi connectivity index (χ3v) is 8.03. The van der Waals surface area contributed by atoms with E-state index in [2.05, 4.69) is 46.2 Å². The van der Waals surface area contributed by atoms with Gasteiger partial charge in [-0.25, -0.2) is 4.79 Å². The van der Waals surface area contributed by atoms with Crippen molar-refractivity contribution in [3.05, 3.63) is 143 Å². The number of carboxylic acids is 1. The van der Waals surface area contributed by atoms with E-state index in [4.69, 9.17) is 21.1 Å². The van der Waals surface area contributed by atoms with Gasteiger partial charge in [-0.05, 0) is 58.7 Å². The van der Waals surface area contributed by atoms with Crippen LogP contribution >= 0.6 is 11.6 Å². The predicted molar refractivity (Wildman–Crippen MR) is 175 cm³/mol. The van der Waals surface area contributed by atoms with Gasteiger partial charge in [-0.2, -0.15) is 0 Å². The fourth-order valence-electron chi connectivity index (χ4n) is 5.44. The van der Waals surface area contributed by atoms with Crippen molar-refractivity contribution in [1.29, 1.82) is 0 Å². The lowest BCUT2D eigenvalue weighted by Gasteiger charge is -2.36. The number of carboxylic acid groups (broad SMARTS) is 1. The molecule has 0 atom stereocenters. The van der Waals surface area contributed by atoms with E-state index in [1.807, 2.05) is 66.7 Å². The van der Waals surface area contributed by atoms with Gasteiger partial charge in [0.25, 0.3) is 0 Å². The highest BCUT2D eigenvalue weighted by Gasteiger charge is 2.21. The first-order valence-corrected chi connectivity index (χ1v) is 15.0. The number of carbonyl (C=O) groups is 1. The highest BCUT2D eigenvalue weighted by molar-refractivity contribution is 6.30. The zero-order valence-corrected chi connectivity index (χ0v) is 25.0. The van der Waals surface area contributed by atoms with Crippen molar-refractivity contribution < 1.29 is 19.4 Å². The van der Waals surface area contributed by atoms with Crippen LogP contribution in [0.15, 0.2) is 121 Å². The second-order valence-corrected chi connectivity index (χ2v) is 11.2. The maximum Gasteiger partial charge on any atom is 0.339 e. The zero-order valence-electron chi connectivity index (χ0n) is 24.2. The number of piperazine rings is 1. The molecule has 5 aromatic carbocycles. The molecule has 0 spiro atoms. The lowest BCUT2D eigenvalue weighted by molar-refractivity contribution is 0.0694. The number of hydrogen-bond donors (Lipinski definition) is 1. The molecule has 1 N–H and O–H groups in total. The van der Waals surface area contributed by atoms with Crippen molar-refractivity contribution in [2.24, 2.45) is 0 Å². The minimum Gasteiger partial charge on any atom is -0.489 e. The molecule has 0 amide bonds. The van der Waals surface area contributed by atoms with E-state index in [1.54, 1.807) is 18.2 Å². The monoisotopic (exact) mass is 604 g/mol. The molecule has 0 radical (unpaired) electrons. The Bertz CT molecular complexity index is 1720. The molecule has 0 saturated carbocycles. The molecule has 7 heteroatoms. The summed E-state index contributed by atoms with van der Waals surface area (Å²) in [6, 6.07) is 39.0. The number of rotatable bonds is 10. The lowest BCUT2D eigenvalue weighted by Crippen LogP contribution is -2.46. The van der Waals surface area contributed by atoms with Gasteiger partial charge in [0.05, 0.1) is 0 Å². The smallest absolute Gasteiger partial charge is 0.339 e. The normalized spacial score (nSPS) is 13.4. The fraction of sp³-hybridized carbons (Fsp3) is 0.162. The van der Waals surface area contributed by atoms with Gasteiger partial charge < -0.3 is 19.5 Å². The molecular weight excluding hydrogens is 572 g/mol. The first kappa shape index (κ1) is 29.3. The van der Waals surface area contributed by atoms with Gasteiger partial charge in [-0.1, -0.05) is 84.4 Å². The summed E-state index contributed by atoms with van der Waals surface area (Å²) in [5.41, 5.74) is 5.75. The van der Waals surface area contributed by atoms with E-state index in [1.165, 1.54) is 11.1 Å². The zero-order chi connectivity index (χ0) is 30.3. The number of nitrogens with zero attached hydrogens (tertiary/aromatic N) is 2. The van der Waals surface area contributed by atoms with E-state index in [0.29, 0.717) is 23.9 Å². The number of halogens is 1. The van der Waals surface area contributed by atoms with Gasteiger partial charge in [0, 0.05) is 55.6 Å². The highest BCUT2D eigenvalue weighted by Crippen LogP contribution is 2.33. The van der Waals surface area contributed by atoms with E-state index >= 15 is 0 Å². The standard InChI is InChI=1S/C37H33ClN2O4/c38-30-15-13-28(14-16-30)34-12-5-4-9-29(34)25-39-19-21-40(22-20-39)31-17-18-35(37(41)42)36(23-31)44-33-11-6-10-32(24-33)43-26-27-7-2-1-3-8-27/h1-18,23-24H,19-22,25-26H2,(H,41,42). The van der Waals surface area contributed by atoms with Crippen molar-refractivity contribution in [2.45, 2.75) is 13.2 Å². The van der Waals surface area contributed by atoms with Gasteiger partial charge in [0.1, 0.15) is 29.4 Å². The Kier molecular flexibility index (Phi) is 9.11. The molecule has 6 nitrogen and oxygen atoms in total. The van der Waals surface area contributed by atoms with Crippen molar-refractivity contribution in [3.63, 3.8) is 0 Å². The maximum absolute atomic E-state index is 12.1.